The highest BCUT2D eigenvalue weighted by molar-refractivity contribution is 6.31. The first-order valence-corrected chi connectivity index (χ1v) is 10.5. The third kappa shape index (κ3) is 7.34. The van der Waals surface area contributed by atoms with Crippen molar-refractivity contribution in [3.8, 4) is 5.75 Å². The zero-order valence-electron chi connectivity index (χ0n) is 17.1. The predicted molar refractivity (Wildman–Crippen MR) is 116 cm³/mol. The summed E-state index contributed by atoms with van der Waals surface area (Å²) in [5.74, 6) is -1.19. The van der Waals surface area contributed by atoms with Crippen molar-refractivity contribution < 1.29 is 23.0 Å². The van der Waals surface area contributed by atoms with Crippen molar-refractivity contribution in [2.45, 2.75) is 25.4 Å². The van der Waals surface area contributed by atoms with E-state index in [1.54, 1.807) is 24.3 Å². The minimum atomic E-state index is -0.845. The molecule has 1 heterocycles. The number of ether oxygens (including phenoxy) is 2. The fourth-order valence-electron chi connectivity index (χ4n) is 3.55. The second kappa shape index (κ2) is 11.3. The second-order valence-corrected chi connectivity index (χ2v) is 7.87. The normalized spacial score (nSPS) is 17.2. The van der Waals surface area contributed by atoms with Crippen molar-refractivity contribution in [3.63, 3.8) is 0 Å². The molecule has 1 saturated heterocycles. The summed E-state index contributed by atoms with van der Waals surface area (Å²) >= 11 is 5.96. The Morgan fingerprint density at radius 1 is 1.26 bits per heavy atom. The molecule has 0 radical (unpaired) electrons. The summed E-state index contributed by atoms with van der Waals surface area (Å²) in [5, 5.41) is 2.97. The average Bonchev–Trinajstić information content (AvgIpc) is 2.94. The quantitative estimate of drug-likeness (QED) is 0.587. The Labute approximate surface area is 185 Å². The van der Waals surface area contributed by atoms with E-state index in [-0.39, 0.29) is 6.10 Å². The van der Waals surface area contributed by atoms with Gasteiger partial charge in [-0.25, -0.2) is 13.6 Å². The highest BCUT2D eigenvalue weighted by atomic mass is 35.5. The Morgan fingerprint density at radius 2 is 2.10 bits per heavy atom. The summed E-state index contributed by atoms with van der Waals surface area (Å²) in [4.78, 5) is 13.4. The molecular formula is C22H26ClF2N3O3. The van der Waals surface area contributed by atoms with Crippen LogP contribution in [0.2, 0.25) is 5.02 Å². The van der Waals surface area contributed by atoms with Crippen LogP contribution in [0.1, 0.15) is 18.4 Å². The Bertz CT molecular complexity index is 900. The van der Waals surface area contributed by atoms with Crippen LogP contribution in [0.3, 0.4) is 0 Å². The van der Waals surface area contributed by atoms with Gasteiger partial charge in [-0.3, -0.25) is 0 Å². The zero-order valence-corrected chi connectivity index (χ0v) is 17.8. The van der Waals surface area contributed by atoms with E-state index in [1.807, 2.05) is 0 Å². The van der Waals surface area contributed by atoms with E-state index >= 15 is 0 Å². The maximum atomic E-state index is 13.5. The summed E-state index contributed by atoms with van der Waals surface area (Å²) < 4.78 is 38.3. The molecule has 2 aromatic carbocycles. The summed E-state index contributed by atoms with van der Waals surface area (Å²) in [5.41, 5.74) is 6.33. The van der Waals surface area contributed by atoms with Gasteiger partial charge in [-0.1, -0.05) is 17.7 Å². The van der Waals surface area contributed by atoms with Crippen LogP contribution in [0.4, 0.5) is 19.3 Å². The van der Waals surface area contributed by atoms with Crippen LogP contribution < -0.4 is 15.8 Å². The number of amides is 2. The van der Waals surface area contributed by atoms with E-state index < -0.39 is 17.7 Å². The lowest BCUT2D eigenvalue weighted by molar-refractivity contribution is 0.0541. The SMILES string of the molecule is NC(=O)Nc1cc(Cl)ccc1OCCCN1CCCOC(Cc2ccc(F)c(F)c2)C1. The zero-order chi connectivity index (χ0) is 22.2. The van der Waals surface area contributed by atoms with Crippen LogP contribution in [0.25, 0.3) is 0 Å². The van der Waals surface area contributed by atoms with Crippen molar-refractivity contribution in [2.24, 2.45) is 5.73 Å². The predicted octanol–water partition coefficient (Wildman–Crippen LogP) is 4.21. The van der Waals surface area contributed by atoms with Crippen molar-refractivity contribution in [2.75, 3.05) is 38.2 Å². The number of benzene rings is 2. The van der Waals surface area contributed by atoms with Gasteiger partial charge in [-0.05, 0) is 55.2 Å². The number of hydrogen-bond donors (Lipinski definition) is 2. The molecular weight excluding hydrogens is 428 g/mol. The Morgan fingerprint density at radius 3 is 2.87 bits per heavy atom. The third-order valence-corrected chi connectivity index (χ3v) is 5.19. The number of carbonyl (C=O) groups excluding carboxylic acids is 1. The van der Waals surface area contributed by atoms with Gasteiger partial charge in [0.05, 0.1) is 18.4 Å². The lowest BCUT2D eigenvalue weighted by Crippen LogP contribution is -2.34. The van der Waals surface area contributed by atoms with Crippen molar-refractivity contribution in [1.82, 2.24) is 4.90 Å². The van der Waals surface area contributed by atoms with Crippen molar-refractivity contribution in [3.05, 3.63) is 58.6 Å². The van der Waals surface area contributed by atoms with Crippen LogP contribution in [-0.4, -0.2) is 49.9 Å². The minimum Gasteiger partial charge on any atom is -0.491 e. The van der Waals surface area contributed by atoms with Gasteiger partial charge >= 0.3 is 6.03 Å². The molecule has 1 aliphatic rings. The lowest BCUT2D eigenvalue weighted by Gasteiger charge is -2.24. The number of primary amides is 1. The number of nitrogens with zero attached hydrogens (tertiary/aromatic N) is 1. The molecule has 1 fully saturated rings. The largest absolute Gasteiger partial charge is 0.491 e. The topological polar surface area (TPSA) is 76.8 Å². The number of nitrogens with two attached hydrogens (primary N) is 1. The highest BCUT2D eigenvalue weighted by Gasteiger charge is 2.19. The monoisotopic (exact) mass is 453 g/mol. The van der Waals surface area contributed by atoms with E-state index in [1.165, 1.54) is 6.07 Å². The van der Waals surface area contributed by atoms with E-state index in [2.05, 4.69) is 10.2 Å². The number of rotatable bonds is 8. The van der Waals surface area contributed by atoms with Gasteiger partial charge in [-0.2, -0.15) is 0 Å². The molecule has 0 bridgehead atoms. The number of urea groups is 1. The molecule has 1 aliphatic heterocycles. The number of halogens is 3. The number of anilines is 1. The van der Waals surface area contributed by atoms with Crippen LogP contribution in [-0.2, 0) is 11.2 Å². The summed E-state index contributed by atoms with van der Waals surface area (Å²) in [7, 11) is 0. The van der Waals surface area contributed by atoms with E-state index in [9.17, 15) is 13.6 Å². The summed E-state index contributed by atoms with van der Waals surface area (Å²) in [6.45, 7) is 3.47. The molecule has 1 unspecified atom stereocenters. The van der Waals surface area contributed by atoms with E-state index in [0.29, 0.717) is 48.2 Å². The standard InChI is InChI=1S/C22H26ClF2N3O3/c23-16-4-6-21(20(13-16)27-22(26)29)31-10-2-8-28-7-1-9-30-17(14-28)11-15-3-5-18(24)19(25)12-15/h3-6,12-13,17H,1-2,7-11,14H2,(H3,26,27,29). The molecule has 9 heteroatoms. The smallest absolute Gasteiger partial charge is 0.316 e. The summed E-state index contributed by atoms with van der Waals surface area (Å²) in [6, 6.07) is 8.22. The van der Waals surface area contributed by atoms with Gasteiger partial charge < -0.3 is 25.4 Å². The molecule has 1 atom stereocenters. The fraction of sp³-hybridized carbons (Fsp3) is 0.409. The molecule has 3 rings (SSSR count). The second-order valence-electron chi connectivity index (χ2n) is 7.43. The average molecular weight is 454 g/mol. The van der Waals surface area contributed by atoms with Crippen molar-refractivity contribution >= 4 is 23.3 Å². The molecule has 2 aromatic rings. The van der Waals surface area contributed by atoms with Gasteiger partial charge in [0.25, 0.3) is 0 Å². The molecule has 31 heavy (non-hydrogen) atoms. The lowest BCUT2D eigenvalue weighted by atomic mass is 10.1. The molecule has 0 spiro atoms. The maximum Gasteiger partial charge on any atom is 0.316 e. The first-order valence-electron chi connectivity index (χ1n) is 10.2. The molecule has 0 aromatic heterocycles. The first-order chi connectivity index (χ1) is 14.9. The minimum absolute atomic E-state index is 0.0871. The van der Waals surface area contributed by atoms with Crippen molar-refractivity contribution in [1.29, 1.82) is 0 Å². The molecule has 0 saturated carbocycles. The van der Waals surface area contributed by atoms with Crippen LogP contribution in [0, 0.1) is 11.6 Å². The Hall–Kier alpha value is -2.42. The molecule has 3 N–H and O–H groups in total. The van der Waals surface area contributed by atoms with E-state index in [0.717, 1.165) is 32.0 Å². The molecule has 6 nitrogen and oxygen atoms in total. The number of hydrogen-bond acceptors (Lipinski definition) is 4. The fourth-order valence-corrected chi connectivity index (χ4v) is 3.73. The van der Waals surface area contributed by atoms with E-state index in [4.69, 9.17) is 26.8 Å². The first kappa shape index (κ1) is 23.2. The van der Waals surface area contributed by atoms with Crippen LogP contribution in [0.15, 0.2) is 36.4 Å². The Kier molecular flexibility index (Phi) is 8.45. The van der Waals surface area contributed by atoms with Gasteiger partial charge in [-0.15, -0.1) is 0 Å². The number of nitrogens with one attached hydrogen (secondary N) is 1. The van der Waals surface area contributed by atoms with Gasteiger partial charge in [0.15, 0.2) is 11.6 Å². The van der Waals surface area contributed by atoms with Crippen LogP contribution in [0.5, 0.6) is 5.75 Å². The summed E-state index contributed by atoms with van der Waals surface area (Å²) in [6.07, 6.45) is 2.10. The third-order valence-electron chi connectivity index (χ3n) is 4.96. The van der Waals surface area contributed by atoms with Gasteiger partial charge in [0.2, 0.25) is 0 Å². The molecule has 2 amide bonds. The maximum absolute atomic E-state index is 13.5. The highest BCUT2D eigenvalue weighted by Crippen LogP contribution is 2.28. The van der Waals surface area contributed by atoms with Gasteiger partial charge in [0.1, 0.15) is 5.75 Å². The molecule has 0 aliphatic carbocycles. The number of carbonyl (C=O) groups is 1. The Balaban J connectivity index is 1.48. The van der Waals surface area contributed by atoms with Gasteiger partial charge in [0, 0.05) is 31.3 Å². The molecule has 168 valence electrons. The van der Waals surface area contributed by atoms with Crippen LogP contribution >= 0.6 is 11.6 Å².